The molecule has 1 heterocycles. The monoisotopic (exact) mass is 486 g/mol. The van der Waals surface area contributed by atoms with Crippen molar-refractivity contribution in [1.82, 2.24) is 4.57 Å². The number of benzene rings is 3. The Morgan fingerprint density at radius 3 is 2.17 bits per heavy atom. The molecule has 4 aromatic rings. The van der Waals surface area contributed by atoms with Gasteiger partial charge in [-0.25, -0.2) is 4.79 Å². The minimum absolute atomic E-state index is 0.128. The Morgan fingerprint density at radius 2 is 1.61 bits per heavy atom. The summed E-state index contributed by atoms with van der Waals surface area (Å²) >= 11 is 0. The first-order valence-corrected chi connectivity index (χ1v) is 11.3. The van der Waals surface area contributed by atoms with E-state index in [1.807, 2.05) is 30.3 Å². The molecule has 0 bridgehead atoms. The number of esters is 1. The summed E-state index contributed by atoms with van der Waals surface area (Å²) in [5, 5.41) is 14.8. The number of carbonyl (C=O) groups is 1. The largest absolute Gasteiger partial charge is 0.497 e. The molecule has 184 valence electrons. The Labute approximate surface area is 208 Å². The molecular formula is C28H26N2O6. The first-order chi connectivity index (χ1) is 17.5. The maximum absolute atomic E-state index is 12.3. The van der Waals surface area contributed by atoms with Crippen molar-refractivity contribution in [3.63, 3.8) is 0 Å². The molecule has 3 aromatic carbocycles. The van der Waals surface area contributed by atoms with Crippen molar-refractivity contribution in [1.29, 1.82) is 0 Å². The van der Waals surface area contributed by atoms with Gasteiger partial charge in [0.25, 0.3) is 0 Å². The molecule has 0 aliphatic carbocycles. The molecule has 1 atom stereocenters. The number of carbonyl (C=O) groups excluding carboxylic acids is 1. The third-order valence-electron chi connectivity index (χ3n) is 5.84. The number of hydrogen-bond donors (Lipinski definition) is 1. The molecule has 0 saturated carbocycles. The van der Waals surface area contributed by atoms with Gasteiger partial charge in [0.1, 0.15) is 11.8 Å². The van der Waals surface area contributed by atoms with Crippen molar-refractivity contribution in [3.05, 3.63) is 100 Å². The van der Waals surface area contributed by atoms with Gasteiger partial charge in [0.2, 0.25) is 5.88 Å². The summed E-state index contributed by atoms with van der Waals surface area (Å²) in [6.45, 7) is 2.01. The second-order valence-corrected chi connectivity index (χ2v) is 7.87. The molecule has 1 N–H and O–H groups in total. The Balaban J connectivity index is 1.96. The maximum Gasteiger partial charge on any atom is 0.338 e. The van der Waals surface area contributed by atoms with Crippen molar-refractivity contribution >= 4 is 5.97 Å². The Bertz CT molecular complexity index is 1350. The lowest BCUT2D eigenvalue weighted by molar-refractivity contribution is 0.0526. The molecular weight excluding hydrogens is 460 g/mol. The van der Waals surface area contributed by atoms with E-state index in [2.05, 4.69) is 5.18 Å². The summed E-state index contributed by atoms with van der Waals surface area (Å²) in [6.07, 6.45) is 0. The Morgan fingerprint density at radius 1 is 0.944 bits per heavy atom. The van der Waals surface area contributed by atoms with Gasteiger partial charge >= 0.3 is 5.97 Å². The first-order valence-electron chi connectivity index (χ1n) is 11.3. The fraction of sp³-hybridized carbons (Fsp3) is 0.179. The Hall–Kier alpha value is -4.59. The Kier molecular flexibility index (Phi) is 7.34. The van der Waals surface area contributed by atoms with Gasteiger partial charge in [-0.3, -0.25) is 4.57 Å². The maximum atomic E-state index is 12.3. The molecule has 36 heavy (non-hydrogen) atoms. The van der Waals surface area contributed by atoms with Gasteiger partial charge in [0, 0.05) is 5.69 Å². The third kappa shape index (κ3) is 4.53. The lowest BCUT2D eigenvalue weighted by Crippen LogP contribution is -2.05. The minimum Gasteiger partial charge on any atom is -0.497 e. The molecule has 0 fully saturated rings. The van der Waals surface area contributed by atoms with Crippen LogP contribution in [0.4, 0.5) is 0 Å². The molecule has 0 amide bonds. The average molecular weight is 487 g/mol. The fourth-order valence-electron chi connectivity index (χ4n) is 4.17. The van der Waals surface area contributed by atoms with Gasteiger partial charge in [-0.2, -0.15) is 0 Å². The van der Waals surface area contributed by atoms with Crippen LogP contribution in [0, 0.1) is 4.91 Å². The number of nitroso groups, excluding NO2 is 1. The van der Waals surface area contributed by atoms with Crippen molar-refractivity contribution in [3.8, 4) is 34.3 Å². The highest BCUT2D eigenvalue weighted by Gasteiger charge is 2.32. The van der Waals surface area contributed by atoms with Crippen LogP contribution in [0.2, 0.25) is 0 Å². The summed E-state index contributed by atoms with van der Waals surface area (Å²) in [4.78, 5) is 24.4. The SMILES string of the molecule is CCOC(=O)c1ccc(-n2c(O)c(OC)c(C(N=O)c3ccc(OC)cc3)c2-c2ccccc2)cc1. The highest BCUT2D eigenvalue weighted by molar-refractivity contribution is 5.89. The average Bonchev–Trinajstić information content (AvgIpc) is 3.21. The predicted octanol–water partition coefficient (Wildman–Crippen LogP) is 5.90. The normalized spacial score (nSPS) is 11.5. The topological polar surface area (TPSA) is 99.4 Å². The molecule has 0 aliphatic heterocycles. The van der Waals surface area contributed by atoms with Crippen LogP contribution in [-0.4, -0.2) is 36.5 Å². The minimum atomic E-state index is -0.980. The molecule has 4 rings (SSSR count). The summed E-state index contributed by atoms with van der Waals surface area (Å²) in [5.74, 6) is 0.133. The second-order valence-electron chi connectivity index (χ2n) is 7.87. The zero-order valence-electron chi connectivity index (χ0n) is 20.2. The van der Waals surface area contributed by atoms with Crippen LogP contribution < -0.4 is 9.47 Å². The molecule has 1 unspecified atom stereocenters. The van der Waals surface area contributed by atoms with Crippen LogP contribution in [0.1, 0.15) is 34.5 Å². The van der Waals surface area contributed by atoms with Crippen LogP contribution >= 0.6 is 0 Å². The van der Waals surface area contributed by atoms with E-state index in [9.17, 15) is 14.8 Å². The van der Waals surface area contributed by atoms with E-state index in [1.54, 1.807) is 67.1 Å². The van der Waals surface area contributed by atoms with Crippen LogP contribution in [0.5, 0.6) is 17.4 Å². The van der Waals surface area contributed by atoms with Crippen LogP contribution in [0.15, 0.2) is 84.0 Å². The fourth-order valence-corrected chi connectivity index (χ4v) is 4.17. The smallest absolute Gasteiger partial charge is 0.338 e. The summed E-state index contributed by atoms with van der Waals surface area (Å²) in [7, 11) is 2.99. The summed E-state index contributed by atoms with van der Waals surface area (Å²) in [5.41, 5.74) is 3.23. The molecule has 1 aromatic heterocycles. The number of methoxy groups -OCH3 is 2. The van der Waals surface area contributed by atoms with E-state index in [0.717, 1.165) is 5.56 Å². The van der Waals surface area contributed by atoms with Crippen LogP contribution in [0.3, 0.4) is 0 Å². The molecule has 8 nitrogen and oxygen atoms in total. The number of hydrogen-bond acceptors (Lipinski definition) is 7. The van der Waals surface area contributed by atoms with Crippen molar-refractivity contribution in [2.75, 3.05) is 20.8 Å². The van der Waals surface area contributed by atoms with Gasteiger partial charge in [0.15, 0.2) is 5.75 Å². The number of rotatable bonds is 9. The highest BCUT2D eigenvalue weighted by Crippen LogP contribution is 2.49. The number of nitrogens with zero attached hydrogens (tertiary/aromatic N) is 2. The third-order valence-corrected chi connectivity index (χ3v) is 5.84. The number of aromatic nitrogens is 1. The van der Waals surface area contributed by atoms with E-state index in [0.29, 0.717) is 33.8 Å². The molecule has 0 saturated heterocycles. The standard InChI is InChI=1S/C28H26N2O6/c1-4-36-28(32)20-10-14-21(15-11-20)30-25(19-8-6-5-7-9-19)23(26(35-3)27(30)31)24(29-33)18-12-16-22(34-2)17-13-18/h5-17,24,31H,4H2,1-3H3. The van der Waals surface area contributed by atoms with E-state index < -0.39 is 12.0 Å². The van der Waals surface area contributed by atoms with Gasteiger partial charge in [0.05, 0.1) is 37.6 Å². The van der Waals surface area contributed by atoms with Gasteiger partial charge in [-0.1, -0.05) is 47.6 Å². The van der Waals surface area contributed by atoms with Gasteiger partial charge < -0.3 is 19.3 Å². The van der Waals surface area contributed by atoms with E-state index in [4.69, 9.17) is 14.2 Å². The van der Waals surface area contributed by atoms with Gasteiger partial charge in [-0.15, -0.1) is 4.91 Å². The number of aromatic hydroxyl groups is 1. The van der Waals surface area contributed by atoms with E-state index in [1.165, 1.54) is 7.11 Å². The van der Waals surface area contributed by atoms with Gasteiger partial charge in [-0.05, 0) is 54.4 Å². The summed E-state index contributed by atoms with van der Waals surface area (Å²) < 4.78 is 17.5. The van der Waals surface area contributed by atoms with Crippen molar-refractivity contribution < 1.29 is 24.1 Å². The van der Waals surface area contributed by atoms with Crippen LogP contribution in [-0.2, 0) is 4.74 Å². The van der Waals surface area contributed by atoms with E-state index >= 15 is 0 Å². The van der Waals surface area contributed by atoms with Crippen molar-refractivity contribution in [2.24, 2.45) is 5.18 Å². The predicted molar refractivity (Wildman–Crippen MR) is 136 cm³/mol. The van der Waals surface area contributed by atoms with Crippen molar-refractivity contribution in [2.45, 2.75) is 13.0 Å². The second kappa shape index (κ2) is 10.8. The number of ether oxygens (including phenoxy) is 3. The summed E-state index contributed by atoms with van der Waals surface area (Å²) in [6, 6.07) is 22.0. The zero-order chi connectivity index (χ0) is 25.7. The zero-order valence-corrected chi connectivity index (χ0v) is 20.2. The molecule has 0 aliphatic rings. The quantitative estimate of drug-likeness (QED) is 0.234. The lowest BCUT2D eigenvalue weighted by atomic mass is 9.95. The highest BCUT2D eigenvalue weighted by atomic mass is 16.5. The lowest BCUT2D eigenvalue weighted by Gasteiger charge is -2.16. The first kappa shape index (κ1) is 24.5. The van der Waals surface area contributed by atoms with E-state index in [-0.39, 0.29) is 18.2 Å². The molecule has 0 spiro atoms. The molecule has 0 radical (unpaired) electrons. The molecule has 8 heteroatoms. The van der Waals surface area contributed by atoms with Crippen LogP contribution in [0.25, 0.3) is 16.9 Å².